The van der Waals surface area contributed by atoms with Crippen molar-refractivity contribution >= 4 is 75.9 Å². The zero-order valence-corrected chi connectivity index (χ0v) is 49.1. The number of rotatable bonds is 14. The summed E-state index contributed by atoms with van der Waals surface area (Å²) in [5.74, 6) is -2.65. The molecule has 12 rings (SSSR count). The average molecular weight is 1260 g/mol. The molecule has 0 bridgehead atoms. The lowest BCUT2D eigenvalue weighted by molar-refractivity contribution is -0.144. The number of carbonyl (C=O) groups excluding carboxylic acids is 5. The summed E-state index contributed by atoms with van der Waals surface area (Å²) >= 11 is 6.09. The van der Waals surface area contributed by atoms with Crippen LogP contribution in [0.3, 0.4) is 0 Å². The lowest BCUT2D eigenvalue weighted by Crippen LogP contribution is -2.32. The van der Waals surface area contributed by atoms with Gasteiger partial charge in [-0.3, -0.25) is 56.2 Å². The van der Waals surface area contributed by atoms with Crippen LogP contribution in [-0.2, 0) is 43.5 Å². The number of anilines is 5. The monoisotopic (exact) mass is 1260 g/mol. The largest absolute Gasteiger partial charge is 0.480 e. The van der Waals surface area contributed by atoms with Crippen LogP contribution in [-0.4, -0.2) is 151 Å². The Hall–Kier alpha value is -12.0. The number of nitrogens with two attached hydrogens (primary N) is 2. The third-order valence-corrected chi connectivity index (χ3v) is 14.2. The van der Waals surface area contributed by atoms with Gasteiger partial charge in [0.15, 0.2) is 0 Å². The molecule has 0 atom stereocenters. The average Bonchev–Trinajstić information content (AvgIpc) is 1.85. The van der Waals surface area contributed by atoms with Crippen LogP contribution in [0.4, 0.5) is 28.7 Å². The van der Waals surface area contributed by atoms with Crippen LogP contribution >= 0.6 is 11.6 Å². The van der Waals surface area contributed by atoms with Gasteiger partial charge in [0.1, 0.15) is 91.9 Å². The second-order valence-electron chi connectivity index (χ2n) is 19.4. The summed E-state index contributed by atoms with van der Waals surface area (Å²) in [7, 11) is 0. The molecule has 32 nitrogen and oxygen atoms in total. The van der Waals surface area contributed by atoms with Gasteiger partial charge in [-0.2, -0.15) is 0 Å². The van der Waals surface area contributed by atoms with E-state index in [-0.39, 0.29) is 133 Å². The zero-order chi connectivity index (χ0) is 64.5. The van der Waals surface area contributed by atoms with Crippen LogP contribution in [0.2, 0.25) is 5.15 Å². The van der Waals surface area contributed by atoms with E-state index < -0.39 is 30.1 Å². The number of hydrogen-bond acceptors (Lipinski definition) is 22. The van der Waals surface area contributed by atoms with Crippen molar-refractivity contribution in [3.05, 3.63) is 182 Å². The first-order valence-corrected chi connectivity index (χ1v) is 28.0. The summed E-state index contributed by atoms with van der Waals surface area (Å²) in [5, 5.41) is 8.88. The fourth-order valence-electron chi connectivity index (χ4n) is 9.58. The van der Waals surface area contributed by atoms with Crippen molar-refractivity contribution < 1.29 is 57.6 Å². The van der Waals surface area contributed by atoms with Gasteiger partial charge in [-0.1, -0.05) is 11.6 Å². The molecule has 3 aliphatic heterocycles. The molecule has 0 saturated heterocycles. The Balaban J connectivity index is 0.000000150. The highest BCUT2D eigenvalue weighted by Gasteiger charge is 2.32. The van der Waals surface area contributed by atoms with Crippen LogP contribution in [0.5, 0.6) is 17.6 Å². The minimum Gasteiger partial charge on any atom is -0.480 e. The molecule has 0 aliphatic carbocycles. The van der Waals surface area contributed by atoms with E-state index >= 15 is 0 Å². The molecule has 0 spiro atoms. The maximum absolute atomic E-state index is 13.0. The van der Waals surface area contributed by atoms with E-state index in [1.165, 1.54) is 81.3 Å². The van der Waals surface area contributed by atoms with Crippen molar-refractivity contribution in [2.45, 2.75) is 33.5 Å². The predicted molar refractivity (Wildman–Crippen MR) is 322 cm³/mol. The first kappa shape index (κ1) is 62.1. The molecule has 6 aromatic heterocycles. The number of nitrogen functional groups attached to an aromatic ring is 2. The van der Waals surface area contributed by atoms with E-state index in [2.05, 4.69) is 29.9 Å². The van der Waals surface area contributed by atoms with E-state index in [9.17, 15) is 43.2 Å². The van der Waals surface area contributed by atoms with Crippen LogP contribution < -0.4 is 57.4 Å². The Morgan fingerprint density at radius 2 is 0.769 bits per heavy atom. The number of fused-ring (bicyclic) bond motifs is 3. The second-order valence-corrected chi connectivity index (χ2v) is 19.8. The number of esters is 2. The molecule has 3 aliphatic rings. The summed E-state index contributed by atoms with van der Waals surface area (Å²) in [4.78, 5) is 139. The molecule has 468 valence electrons. The number of nitrogens with zero attached hydrogens (tertiary/aromatic N) is 15. The minimum absolute atomic E-state index is 0.0213. The Bertz CT molecular complexity index is 4220. The maximum atomic E-state index is 13.0. The third kappa shape index (κ3) is 13.5. The number of hydrogen-bond donors (Lipinski definition) is 3. The Kier molecular flexibility index (Phi) is 18.7. The number of amides is 3. The number of carboxylic acid groups (broad SMARTS) is 1. The van der Waals surface area contributed by atoms with E-state index in [0.717, 1.165) is 4.57 Å². The predicted octanol–water partition coefficient (Wildman–Crippen LogP) is 2.43. The molecule has 3 amide bonds. The Morgan fingerprint density at radius 3 is 1.11 bits per heavy atom. The highest BCUT2D eigenvalue weighted by molar-refractivity contribution is 6.33. The molecule has 5 N–H and O–H groups in total. The van der Waals surface area contributed by atoms with Crippen molar-refractivity contribution in [3.63, 3.8) is 0 Å². The van der Waals surface area contributed by atoms with E-state index in [1.54, 1.807) is 99.0 Å². The summed E-state index contributed by atoms with van der Waals surface area (Å²) in [6, 6.07) is 20.4. The van der Waals surface area contributed by atoms with Crippen molar-refractivity contribution in [2.24, 2.45) is 0 Å². The highest BCUT2D eigenvalue weighted by atomic mass is 35.5. The van der Waals surface area contributed by atoms with Gasteiger partial charge in [0.25, 0.3) is 17.7 Å². The molecular weight excluding hydrogens is 1210 g/mol. The first-order valence-electron chi connectivity index (χ1n) is 27.7. The van der Waals surface area contributed by atoms with Crippen molar-refractivity contribution in [1.82, 2.24) is 57.3 Å². The number of ether oxygens (including phenoxy) is 5. The van der Waals surface area contributed by atoms with Crippen molar-refractivity contribution in [3.8, 4) is 34.7 Å². The lowest BCUT2D eigenvalue weighted by Gasteiger charge is -2.20. The number of halogens is 1. The van der Waals surface area contributed by atoms with Crippen LogP contribution in [0, 0.1) is 0 Å². The van der Waals surface area contributed by atoms with Crippen LogP contribution in [0.1, 0.15) is 44.9 Å². The topological polar surface area (TPSA) is 389 Å². The zero-order valence-electron chi connectivity index (χ0n) is 48.3. The molecule has 0 radical (unpaired) electrons. The van der Waals surface area contributed by atoms with Gasteiger partial charge >= 0.3 is 35.0 Å². The summed E-state index contributed by atoms with van der Waals surface area (Å²) in [6.45, 7) is 4.73. The molecule has 33 heteroatoms. The van der Waals surface area contributed by atoms with Gasteiger partial charge in [0.2, 0.25) is 17.6 Å². The van der Waals surface area contributed by atoms with E-state index in [0.29, 0.717) is 47.2 Å². The Morgan fingerprint density at radius 1 is 0.462 bits per heavy atom. The summed E-state index contributed by atoms with van der Waals surface area (Å²) in [5.41, 5.74) is 14.3. The van der Waals surface area contributed by atoms with Gasteiger partial charge < -0.3 is 55.0 Å². The van der Waals surface area contributed by atoms with Gasteiger partial charge in [0, 0.05) is 54.2 Å². The minimum atomic E-state index is -1.11. The fourth-order valence-corrected chi connectivity index (χ4v) is 9.78. The number of carbonyl (C=O) groups is 6. The first-order chi connectivity index (χ1) is 43.9. The van der Waals surface area contributed by atoms with Crippen molar-refractivity contribution in [2.75, 3.05) is 78.8 Å². The van der Waals surface area contributed by atoms with Gasteiger partial charge in [-0.05, 0) is 86.6 Å². The number of benzene rings is 3. The molecular formula is C58H54ClN17O15. The highest BCUT2D eigenvalue weighted by Crippen LogP contribution is 2.32. The SMILES string of the molecule is CCOC(=O)Cn1ccn(-c2ccc(N3CCOc4ncnc(Cl)c4C3=O)cc2)c1=O.CCOC(=O)Cn1ccn(-c2ccc(N3CCOc4ncnc(N)c4C3=O)cc2)c1=O.Nc1ncnc2c1C(=O)N(c1ccc(-n3ccn(CC(=O)O)c3=O)cc1)CCO2. The maximum Gasteiger partial charge on any atom is 0.333 e. The number of aliphatic carboxylic acids is 1. The molecule has 9 heterocycles. The van der Waals surface area contributed by atoms with Crippen LogP contribution in [0.25, 0.3) is 17.1 Å². The summed E-state index contributed by atoms with van der Waals surface area (Å²) in [6.07, 6.45) is 12.8. The van der Waals surface area contributed by atoms with Crippen molar-refractivity contribution in [1.29, 1.82) is 0 Å². The van der Waals surface area contributed by atoms with E-state index in [1.807, 2.05) is 0 Å². The molecule has 0 unspecified atom stereocenters. The third-order valence-electron chi connectivity index (χ3n) is 13.9. The molecule has 9 aromatic rings. The van der Waals surface area contributed by atoms with E-state index in [4.69, 9.17) is 51.9 Å². The Labute approximate surface area is 518 Å². The number of imidazole rings is 3. The fraction of sp³-hybridized carbons (Fsp3) is 0.224. The van der Waals surface area contributed by atoms with Crippen LogP contribution in [0.15, 0.2) is 143 Å². The molecule has 91 heavy (non-hydrogen) atoms. The van der Waals surface area contributed by atoms with Gasteiger partial charge in [-0.25, -0.2) is 44.3 Å². The number of aromatic nitrogens is 12. The molecule has 3 aromatic carbocycles. The van der Waals surface area contributed by atoms with Gasteiger partial charge in [-0.15, -0.1) is 0 Å². The standard InChI is InChI=1S/C20H18ClN5O5.C20H20N6O5.C18H16N6O5/c2*1-2-30-15(27)11-24-7-8-26(20(24)29)14-5-3-13(4-6-14)25-9-10-31-18-16(19(25)28)17(21)22-12-23-18;19-15-14-16(21-10-20-15)29-8-7-23(17(14)27)11-1-3-12(4-2-11)24-6-5-22(18(24)28)9-13(25)26/h3-8,12H,2,9-11H2,1H3;3-8,12H,2,9-11H2,1H3,(H2,21,22,23);1-6,10H,7-9H2,(H,25,26)(H2,19,20,21). The number of carboxylic acids is 1. The molecule has 0 saturated carbocycles. The smallest absolute Gasteiger partial charge is 0.333 e. The quantitative estimate of drug-likeness (QED) is 0.104. The van der Waals surface area contributed by atoms with Gasteiger partial charge in [0.05, 0.1) is 49.9 Å². The molecule has 0 fully saturated rings. The summed E-state index contributed by atoms with van der Waals surface area (Å²) < 4.78 is 34.1. The lowest BCUT2D eigenvalue weighted by atomic mass is 10.2. The normalized spacial score (nSPS) is 13.4. The second kappa shape index (κ2) is 27.4.